The molecule has 0 amide bonds. The van der Waals surface area contributed by atoms with E-state index in [1.807, 2.05) is 0 Å². The molecule has 1 aliphatic carbocycles. The van der Waals surface area contributed by atoms with Crippen LogP contribution in [0.5, 0.6) is 0 Å². The lowest BCUT2D eigenvalue weighted by Crippen LogP contribution is -2.61. The normalized spacial score (nSPS) is 32.1. The van der Waals surface area contributed by atoms with E-state index < -0.39 is 9.84 Å². The SMILES string of the molecule is CC(C)CN(C1CC1)C1(CN)CCCS(=O)(=O)C1. The predicted molar refractivity (Wildman–Crippen MR) is 74.2 cm³/mol. The van der Waals surface area contributed by atoms with E-state index in [1.54, 1.807) is 0 Å². The number of rotatable bonds is 5. The monoisotopic (exact) mass is 274 g/mol. The third-order valence-corrected chi connectivity index (χ3v) is 6.01. The minimum absolute atomic E-state index is 0.264. The highest BCUT2D eigenvalue weighted by Crippen LogP contribution is 2.38. The summed E-state index contributed by atoms with van der Waals surface area (Å²) in [6.07, 6.45) is 4.11. The van der Waals surface area contributed by atoms with Crippen LogP contribution in [-0.2, 0) is 9.84 Å². The molecule has 1 aliphatic heterocycles. The average molecular weight is 274 g/mol. The minimum Gasteiger partial charge on any atom is -0.329 e. The van der Waals surface area contributed by atoms with Crippen molar-refractivity contribution in [3.8, 4) is 0 Å². The molecule has 1 unspecified atom stereocenters. The summed E-state index contributed by atoms with van der Waals surface area (Å²) >= 11 is 0. The first-order valence-corrected chi connectivity index (χ1v) is 8.88. The van der Waals surface area contributed by atoms with Gasteiger partial charge in [0.1, 0.15) is 0 Å². The van der Waals surface area contributed by atoms with Crippen LogP contribution >= 0.6 is 0 Å². The van der Waals surface area contributed by atoms with Gasteiger partial charge in [-0.1, -0.05) is 13.8 Å². The zero-order valence-corrected chi connectivity index (χ0v) is 12.4. The highest BCUT2D eigenvalue weighted by molar-refractivity contribution is 7.91. The molecule has 0 aromatic carbocycles. The van der Waals surface area contributed by atoms with E-state index in [-0.39, 0.29) is 11.3 Å². The fraction of sp³-hybridized carbons (Fsp3) is 1.00. The van der Waals surface area contributed by atoms with Crippen molar-refractivity contribution in [2.45, 2.75) is 51.1 Å². The molecule has 0 bridgehead atoms. The van der Waals surface area contributed by atoms with Gasteiger partial charge in [0.05, 0.1) is 11.5 Å². The van der Waals surface area contributed by atoms with Crippen LogP contribution in [0.4, 0.5) is 0 Å². The summed E-state index contributed by atoms with van der Waals surface area (Å²) in [6.45, 7) is 5.82. The Balaban J connectivity index is 2.22. The molecule has 1 atom stereocenters. The van der Waals surface area contributed by atoms with E-state index in [9.17, 15) is 8.42 Å². The number of sulfone groups is 1. The Morgan fingerprint density at radius 3 is 2.50 bits per heavy atom. The summed E-state index contributed by atoms with van der Waals surface area (Å²) in [5.74, 6) is 1.16. The Morgan fingerprint density at radius 2 is 2.06 bits per heavy atom. The zero-order chi connectivity index (χ0) is 13.4. The van der Waals surface area contributed by atoms with Crippen LogP contribution in [0, 0.1) is 5.92 Å². The second-order valence-electron chi connectivity index (χ2n) is 6.40. The predicted octanol–water partition coefficient (Wildman–Crippen LogP) is 1.01. The molecule has 0 radical (unpaired) electrons. The van der Waals surface area contributed by atoms with Crippen molar-refractivity contribution in [1.82, 2.24) is 4.90 Å². The van der Waals surface area contributed by atoms with Gasteiger partial charge in [0.25, 0.3) is 0 Å². The quantitative estimate of drug-likeness (QED) is 0.813. The van der Waals surface area contributed by atoms with Crippen molar-refractivity contribution >= 4 is 9.84 Å². The average Bonchev–Trinajstić information content (AvgIpc) is 3.07. The van der Waals surface area contributed by atoms with Crippen molar-refractivity contribution < 1.29 is 8.42 Å². The summed E-state index contributed by atoms with van der Waals surface area (Å²) in [4.78, 5) is 2.42. The fourth-order valence-electron chi connectivity index (χ4n) is 3.19. The molecule has 5 heteroatoms. The number of nitrogens with zero attached hydrogens (tertiary/aromatic N) is 1. The van der Waals surface area contributed by atoms with Gasteiger partial charge in [-0.25, -0.2) is 8.42 Å². The van der Waals surface area contributed by atoms with Crippen molar-refractivity contribution in [3.63, 3.8) is 0 Å². The molecule has 0 aromatic heterocycles. The molecule has 18 heavy (non-hydrogen) atoms. The Labute approximate surface area is 111 Å². The molecule has 2 N–H and O–H groups in total. The van der Waals surface area contributed by atoms with Crippen molar-refractivity contribution in [1.29, 1.82) is 0 Å². The Bertz CT molecular complexity index is 390. The molecular weight excluding hydrogens is 248 g/mol. The minimum atomic E-state index is -2.91. The summed E-state index contributed by atoms with van der Waals surface area (Å²) in [7, 11) is -2.91. The largest absolute Gasteiger partial charge is 0.329 e. The van der Waals surface area contributed by atoms with Crippen molar-refractivity contribution in [3.05, 3.63) is 0 Å². The Morgan fingerprint density at radius 1 is 1.39 bits per heavy atom. The van der Waals surface area contributed by atoms with Gasteiger partial charge in [-0.2, -0.15) is 0 Å². The maximum Gasteiger partial charge on any atom is 0.152 e. The molecule has 106 valence electrons. The third kappa shape index (κ3) is 3.06. The van der Waals surface area contributed by atoms with Crippen molar-refractivity contribution in [2.24, 2.45) is 11.7 Å². The van der Waals surface area contributed by atoms with Gasteiger partial charge < -0.3 is 5.73 Å². The first kappa shape index (κ1) is 14.3. The van der Waals surface area contributed by atoms with Gasteiger partial charge in [-0.05, 0) is 31.6 Å². The van der Waals surface area contributed by atoms with E-state index in [2.05, 4.69) is 18.7 Å². The maximum absolute atomic E-state index is 12.0. The van der Waals surface area contributed by atoms with Gasteiger partial charge in [-0.3, -0.25) is 4.90 Å². The summed E-state index contributed by atoms with van der Waals surface area (Å²) < 4.78 is 24.0. The molecule has 4 nitrogen and oxygen atoms in total. The summed E-state index contributed by atoms with van der Waals surface area (Å²) in [5, 5.41) is 0. The van der Waals surface area contributed by atoms with Crippen LogP contribution in [0.15, 0.2) is 0 Å². The lowest BCUT2D eigenvalue weighted by Gasteiger charge is -2.46. The van der Waals surface area contributed by atoms with Crippen LogP contribution in [-0.4, -0.2) is 49.5 Å². The first-order chi connectivity index (χ1) is 8.38. The molecule has 2 fully saturated rings. The van der Waals surface area contributed by atoms with Gasteiger partial charge in [0.15, 0.2) is 9.84 Å². The molecular formula is C13H26N2O2S. The van der Waals surface area contributed by atoms with E-state index in [4.69, 9.17) is 5.73 Å². The van der Waals surface area contributed by atoms with E-state index in [0.717, 1.165) is 19.4 Å². The first-order valence-electron chi connectivity index (χ1n) is 7.06. The van der Waals surface area contributed by atoms with Crippen LogP contribution in [0.25, 0.3) is 0 Å². The molecule has 2 aliphatic rings. The van der Waals surface area contributed by atoms with Crippen LogP contribution in [0.1, 0.15) is 39.5 Å². The number of hydrogen-bond acceptors (Lipinski definition) is 4. The van der Waals surface area contributed by atoms with Crippen molar-refractivity contribution in [2.75, 3.05) is 24.6 Å². The highest BCUT2D eigenvalue weighted by Gasteiger charge is 2.47. The molecule has 1 saturated heterocycles. The lowest BCUT2D eigenvalue weighted by molar-refractivity contribution is 0.0774. The van der Waals surface area contributed by atoms with Gasteiger partial charge >= 0.3 is 0 Å². The topological polar surface area (TPSA) is 63.4 Å². The van der Waals surface area contributed by atoms with Gasteiger partial charge in [-0.15, -0.1) is 0 Å². The Hall–Kier alpha value is -0.130. The van der Waals surface area contributed by atoms with E-state index in [1.165, 1.54) is 12.8 Å². The lowest BCUT2D eigenvalue weighted by atomic mass is 9.91. The van der Waals surface area contributed by atoms with Crippen LogP contribution in [0.2, 0.25) is 0 Å². The standard InChI is InChI=1S/C13H26N2O2S/c1-11(2)8-15(12-4-5-12)13(9-14)6-3-7-18(16,17)10-13/h11-12H,3-10,14H2,1-2H3. The van der Waals surface area contributed by atoms with Gasteiger partial charge in [0.2, 0.25) is 0 Å². The molecule has 2 rings (SSSR count). The number of hydrogen-bond donors (Lipinski definition) is 1. The molecule has 1 saturated carbocycles. The summed E-state index contributed by atoms with van der Waals surface area (Å²) in [5.41, 5.74) is 5.71. The summed E-state index contributed by atoms with van der Waals surface area (Å²) in [6, 6.07) is 0.573. The second-order valence-corrected chi connectivity index (χ2v) is 8.59. The van der Waals surface area contributed by atoms with E-state index >= 15 is 0 Å². The van der Waals surface area contributed by atoms with Crippen LogP contribution in [0.3, 0.4) is 0 Å². The smallest absolute Gasteiger partial charge is 0.152 e. The zero-order valence-electron chi connectivity index (χ0n) is 11.6. The van der Waals surface area contributed by atoms with Gasteiger partial charge in [0, 0.05) is 24.7 Å². The second kappa shape index (κ2) is 5.10. The molecule has 0 spiro atoms. The Kier molecular flexibility index (Phi) is 4.04. The molecule has 1 heterocycles. The maximum atomic E-state index is 12.0. The number of nitrogens with two attached hydrogens (primary N) is 1. The highest BCUT2D eigenvalue weighted by atomic mass is 32.2. The molecule has 0 aromatic rings. The third-order valence-electron chi connectivity index (χ3n) is 4.12. The van der Waals surface area contributed by atoms with Crippen LogP contribution < -0.4 is 5.73 Å². The van der Waals surface area contributed by atoms with E-state index in [0.29, 0.717) is 24.3 Å². The fourth-order valence-corrected chi connectivity index (χ4v) is 5.16.